The summed E-state index contributed by atoms with van der Waals surface area (Å²) in [6, 6.07) is 0. The van der Waals surface area contributed by atoms with Crippen LogP contribution in [0.15, 0.2) is 0 Å². The molecule has 0 aromatic heterocycles. The number of halogens is 3. The van der Waals surface area contributed by atoms with Crippen molar-refractivity contribution in [2.24, 2.45) is 0 Å². The summed E-state index contributed by atoms with van der Waals surface area (Å²) in [5.41, 5.74) is 0. The molecule has 4 N–H and O–H groups in total. The van der Waals surface area contributed by atoms with Gasteiger partial charge in [-0.05, 0) is 6.42 Å². The normalized spacial score (nSPS) is 51.1. The van der Waals surface area contributed by atoms with Crippen molar-refractivity contribution in [2.75, 3.05) is 11.8 Å². The molecule has 2 rings (SSSR count). The predicted octanol–water partition coefficient (Wildman–Crippen LogP) is -0.238. The van der Waals surface area contributed by atoms with Crippen LogP contribution >= 0.6 is 34.8 Å². The Morgan fingerprint density at radius 3 is 2.17 bits per heavy atom. The lowest BCUT2D eigenvalue weighted by atomic mass is 9.99. The second-order valence-electron chi connectivity index (χ2n) is 5.69. The Balaban J connectivity index is 2.18. The third kappa shape index (κ3) is 3.60. The van der Waals surface area contributed by atoms with Crippen molar-refractivity contribution >= 4 is 34.8 Å². The van der Waals surface area contributed by atoms with E-state index in [1.54, 1.807) is 6.92 Å². The third-order valence-electron chi connectivity index (χ3n) is 4.18. The van der Waals surface area contributed by atoms with Crippen LogP contribution in [0.25, 0.3) is 0 Å². The first-order chi connectivity index (χ1) is 10.8. The van der Waals surface area contributed by atoms with Crippen molar-refractivity contribution in [3.8, 4) is 0 Å². The van der Waals surface area contributed by atoms with Gasteiger partial charge in [0.25, 0.3) is 0 Å². The molecule has 2 saturated heterocycles. The summed E-state index contributed by atoms with van der Waals surface area (Å²) in [6.45, 7) is 1.80. The molecule has 7 nitrogen and oxygen atoms in total. The molecule has 0 spiro atoms. The lowest BCUT2D eigenvalue weighted by molar-refractivity contribution is -0.356. The number of alkyl halides is 3. The average molecular weight is 396 g/mol. The molecule has 23 heavy (non-hydrogen) atoms. The van der Waals surface area contributed by atoms with Gasteiger partial charge in [-0.3, -0.25) is 0 Å². The molecule has 0 aromatic carbocycles. The molecule has 0 saturated carbocycles. The van der Waals surface area contributed by atoms with Gasteiger partial charge in [0.15, 0.2) is 6.29 Å². The predicted molar refractivity (Wildman–Crippen MR) is 82.7 cm³/mol. The van der Waals surface area contributed by atoms with Gasteiger partial charge in [-0.15, -0.1) is 34.8 Å². The van der Waals surface area contributed by atoms with E-state index >= 15 is 0 Å². The number of aliphatic hydroxyl groups excluding tert-OH is 4. The van der Waals surface area contributed by atoms with Crippen molar-refractivity contribution in [3.05, 3.63) is 0 Å². The van der Waals surface area contributed by atoms with Crippen molar-refractivity contribution in [3.63, 3.8) is 0 Å². The van der Waals surface area contributed by atoms with Gasteiger partial charge in [-0.1, -0.05) is 6.92 Å². The Kier molecular flexibility index (Phi) is 6.81. The van der Waals surface area contributed by atoms with Crippen LogP contribution in [0.3, 0.4) is 0 Å². The van der Waals surface area contributed by atoms with Crippen LogP contribution < -0.4 is 0 Å². The van der Waals surface area contributed by atoms with Crippen LogP contribution in [0.4, 0.5) is 0 Å². The molecule has 9 atom stereocenters. The zero-order chi connectivity index (χ0) is 17.4. The van der Waals surface area contributed by atoms with Crippen LogP contribution in [0.5, 0.6) is 0 Å². The van der Waals surface area contributed by atoms with Crippen LogP contribution in [0.1, 0.15) is 13.3 Å². The van der Waals surface area contributed by atoms with Gasteiger partial charge < -0.3 is 34.6 Å². The SMILES string of the molecule is CCC1O[C@@H](O[C@]2(CCl)O[C@@H](CCl)C(O)[C@H]2O)C(O)[C@@H](O)[C@H]1Cl. The topological polar surface area (TPSA) is 109 Å². The van der Waals surface area contributed by atoms with Gasteiger partial charge in [-0.2, -0.15) is 0 Å². The molecular weight excluding hydrogens is 374 g/mol. The quantitative estimate of drug-likeness (QED) is 0.476. The zero-order valence-electron chi connectivity index (χ0n) is 12.4. The van der Waals surface area contributed by atoms with Crippen molar-refractivity contribution in [1.82, 2.24) is 0 Å². The second kappa shape index (κ2) is 7.86. The molecule has 136 valence electrons. The van der Waals surface area contributed by atoms with Gasteiger partial charge in [-0.25, -0.2) is 0 Å². The Bertz CT molecular complexity index is 402. The minimum absolute atomic E-state index is 0.0851. The van der Waals surface area contributed by atoms with Gasteiger partial charge in [0, 0.05) is 0 Å². The fraction of sp³-hybridized carbons (Fsp3) is 1.00. The van der Waals surface area contributed by atoms with E-state index in [2.05, 4.69) is 0 Å². The minimum Gasteiger partial charge on any atom is -0.389 e. The Hall–Kier alpha value is 0.590. The zero-order valence-corrected chi connectivity index (χ0v) is 14.7. The van der Waals surface area contributed by atoms with Gasteiger partial charge in [0.2, 0.25) is 5.79 Å². The number of hydrogen-bond acceptors (Lipinski definition) is 7. The number of aliphatic hydroxyl groups is 4. The van der Waals surface area contributed by atoms with Crippen LogP contribution in [-0.4, -0.2) is 86.3 Å². The lowest BCUT2D eigenvalue weighted by Gasteiger charge is -2.43. The van der Waals surface area contributed by atoms with Gasteiger partial charge in [0.05, 0.1) is 23.2 Å². The highest BCUT2D eigenvalue weighted by molar-refractivity contribution is 6.21. The van der Waals surface area contributed by atoms with E-state index in [4.69, 9.17) is 49.0 Å². The summed E-state index contributed by atoms with van der Waals surface area (Å²) < 4.78 is 16.6. The molecule has 10 heteroatoms. The average Bonchev–Trinajstić information content (AvgIpc) is 2.80. The van der Waals surface area contributed by atoms with E-state index < -0.39 is 54.1 Å². The molecule has 0 aromatic rings. The highest BCUT2D eigenvalue weighted by Gasteiger charge is 2.57. The summed E-state index contributed by atoms with van der Waals surface area (Å²) >= 11 is 17.6. The first-order valence-corrected chi connectivity index (χ1v) is 8.81. The van der Waals surface area contributed by atoms with E-state index in [-0.39, 0.29) is 11.8 Å². The highest BCUT2D eigenvalue weighted by Crippen LogP contribution is 2.38. The van der Waals surface area contributed by atoms with E-state index in [9.17, 15) is 20.4 Å². The van der Waals surface area contributed by atoms with E-state index in [1.807, 2.05) is 0 Å². The van der Waals surface area contributed by atoms with Gasteiger partial charge >= 0.3 is 0 Å². The van der Waals surface area contributed by atoms with Crippen LogP contribution in [0.2, 0.25) is 0 Å². The molecule has 2 fully saturated rings. The molecule has 0 radical (unpaired) electrons. The number of hydrogen-bond donors (Lipinski definition) is 4. The first-order valence-electron chi connectivity index (χ1n) is 7.30. The summed E-state index contributed by atoms with van der Waals surface area (Å²) in [5, 5.41) is 39.5. The molecule has 0 bridgehead atoms. The summed E-state index contributed by atoms with van der Waals surface area (Å²) in [7, 11) is 0. The molecular formula is C13H21Cl3O7. The Morgan fingerprint density at radius 1 is 1.04 bits per heavy atom. The molecule has 0 aliphatic carbocycles. The van der Waals surface area contributed by atoms with Crippen molar-refractivity contribution in [1.29, 1.82) is 0 Å². The molecule has 2 aliphatic rings. The first kappa shape index (κ1) is 19.9. The summed E-state index contributed by atoms with van der Waals surface area (Å²) in [4.78, 5) is 0. The monoisotopic (exact) mass is 394 g/mol. The fourth-order valence-electron chi connectivity index (χ4n) is 2.73. The summed E-state index contributed by atoms with van der Waals surface area (Å²) in [6.07, 6.45) is -7.88. The van der Waals surface area contributed by atoms with E-state index in [0.717, 1.165) is 0 Å². The maximum Gasteiger partial charge on any atom is 0.214 e. The summed E-state index contributed by atoms with van der Waals surface area (Å²) in [5.74, 6) is -2.25. The number of rotatable bonds is 5. The minimum atomic E-state index is -1.82. The van der Waals surface area contributed by atoms with Crippen LogP contribution in [-0.2, 0) is 14.2 Å². The standard InChI is InChI=1S/C13H21Cl3O7/c1-2-5-7(16)9(18)10(19)12(21-5)23-13(4-15)11(20)8(17)6(3-14)22-13/h5-12,17-20H,2-4H2,1H3/t5?,6-,7-,8?,9-,10?,11+,12-,13-/m0/s1. The Morgan fingerprint density at radius 2 is 1.70 bits per heavy atom. The fourth-order valence-corrected chi connectivity index (χ4v) is 3.65. The third-order valence-corrected chi connectivity index (χ3v) is 5.40. The Labute approximate surface area is 149 Å². The molecule has 2 heterocycles. The largest absolute Gasteiger partial charge is 0.389 e. The molecule has 3 unspecified atom stereocenters. The highest BCUT2D eigenvalue weighted by atomic mass is 35.5. The number of ether oxygens (including phenoxy) is 3. The van der Waals surface area contributed by atoms with Gasteiger partial charge in [0.1, 0.15) is 30.5 Å². The lowest BCUT2D eigenvalue weighted by Crippen LogP contribution is -2.60. The maximum absolute atomic E-state index is 10.2. The second-order valence-corrected chi connectivity index (χ2v) is 6.77. The van der Waals surface area contributed by atoms with Crippen molar-refractivity contribution in [2.45, 2.75) is 67.4 Å². The van der Waals surface area contributed by atoms with Crippen LogP contribution in [0, 0.1) is 0 Å². The maximum atomic E-state index is 10.2. The van der Waals surface area contributed by atoms with E-state index in [0.29, 0.717) is 6.42 Å². The van der Waals surface area contributed by atoms with Crippen molar-refractivity contribution < 1.29 is 34.6 Å². The smallest absolute Gasteiger partial charge is 0.214 e. The van der Waals surface area contributed by atoms with E-state index in [1.165, 1.54) is 0 Å². The molecule has 2 aliphatic heterocycles. The molecule has 0 amide bonds.